The van der Waals surface area contributed by atoms with Gasteiger partial charge in [-0.15, -0.1) is 0 Å². The molecule has 3 rings (SSSR count). The molecule has 1 aromatic carbocycles. The first kappa shape index (κ1) is 18.4. The minimum atomic E-state index is 0.326. The molecule has 0 bridgehead atoms. The second kappa shape index (κ2) is 8.33. The van der Waals surface area contributed by atoms with Gasteiger partial charge in [-0.2, -0.15) is 0 Å². The summed E-state index contributed by atoms with van der Waals surface area (Å²) in [6, 6.07) is 9.44. The summed E-state index contributed by atoms with van der Waals surface area (Å²) in [5.41, 5.74) is 2.79. The molecule has 138 valence electrons. The SMILES string of the molecule is Cc1ccccc1CN1CCN(CC(=O)N2C(C)CCCC2C)CC1. The molecule has 0 aliphatic carbocycles. The van der Waals surface area contributed by atoms with Crippen LogP contribution >= 0.6 is 0 Å². The summed E-state index contributed by atoms with van der Waals surface area (Å²) in [7, 11) is 0. The van der Waals surface area contributed by atoms with E-state index in [4.69, 9.17) is 0 Å². The number of piperazine rings is 1. The molecule has 2 atom stereocenters. The molecule has 2 fully saturated rings. The van der Waals surface area contributed by atoms with E-state index in [-0.39, 0.29) is 0 Å². The lowest BCUT2D eigenvalue weighted by atomic mass is 9.97. The van der Waals surface area contributed by atoms with Crippen molar-refractivity contribution in [3.63, 3.8) is 0 Å². The summed E-state index contributed by atoms with van der Waals surface area (Å²) >= 11 is 0. The number of carbonyl (C=O) groups excluding carboxylic acids is 1. The third kappa shape index (κ3) is 4.62. The Labute approximate surface area is 152 Å². The van der Waals surface area contributed by atoms with Crippen molar-refractivity contribution in [1.29, 1.82) is 0 Å². The fourth-order valence-corrected chi connectivity index (χ4v) is 4.32. The minimum Gasteiger partial charge on any atom is -0.336 e. The van der Waals surface area contributed by atoms with Gasteiger partial charge < -0.3 is 4.90 Å². The van der Waals surface area contributed by atoms with Gasteiger partial charge in [0.15, 0.2) is 0 Å². The Morgan fingerprint density at radius 3 is 2.24 bits per heavy atom. The number of aryl methyl sites for hydroxylation is 1. The van der Waals surface area contributed by atoms with Crippen molar-refractivity contribution < 1.29 is 4.79 Å². The van der Waals surface area contributed by atoms with Crippen molar-refractivity contribution in [2.75, 3.05) is 32.7 Å². The maximum Gasteiger partial charge on any atom is 0.237 e. The molecular weight excluding hydrogens is 310 g/mol. The average molecular weight is 344 g/mol. The highest BCUT2D eigenvalue weighted by molar-refractivity contribution is 5.79. The monoisotopic (exact) mass is 343 g/mol. The second-order valence-corrected chi connectivity index (χ2v) is 7.91. The maximum absolute atomic E-state index is 12.8. The highest BCUT2D eigenvalue weighted by Crippen LogP contribution is 2.23. The smallest absolute Gasteiger partial charge is 0.237 e. The van der Waals surface area contributed by atoms with Gasteiger partial charge in [-0.05, 0) is 51.2 Å². The van der Waals surface area contributed by atoms with Gasteiger partial charge in [0.2, 0.25) is 5.91 Å². The standard InChI is InChI=1S/C21H33N3O/c1-17-7-4-5-10-20(17)15-22-11-13-23(14-12-22)16-21(25)24-18(2)8-6-9-19(24)3/h4-5,7,10,18-19H,6,8-9,11-16H2,1-3H3. The van der Waals surface area contributed by atoms with Crippen molar-refractivity contribution >= 4 is 5.91 Å². The van der Waals surface area contributed by atoms with E-state index in [9.17, 15) is 4.79 Å². The predicted octanol–water partition coefficient (Wildman–Crippen LogP) is 2.90. The second-order valence-electron chi connectivity index (χ2n) is 7.91. The van der Waals surface area contributed by atoms with Gasteiger partial charge in [0.1, 0.15) is 0 Å². The largest absolute Gasteiger partial charge is 0.336 e. The van der Waals surface area contributed by atoms with Crippen LogP contribution in [0.15, 0.2) is 24.3 Å². The molecule has 0 N–H and O–H groups in total. The number of piperidine rings is 1. The van der Waals surface area contributed by atoms with E-state index >= 15 is 0 Å². The van der Waals surface area contributed by atoms with Gasteiger partial charge in [-0.25, -0.2) is 0 Å². The van der Waals surface area contributed by atoms with Gasteiger partial charge in [0, 0.05) is 44.8 Å². The number of carbonyl (C=O) groups is 1. The number of likely N-dealkylation sites (tertiary alicyclic amines) is 1. The van der Waals surface area contributed by atoms with Crippen LogP contribution in [0.4, 0.5) is 0 Å². The molecule has 25 heavy (non-hydrogen) atoms. The summed E-state index contributed by atoms with van der Waals surface area (Å²) in [6.45, 7) is 12.3. The summed E-state index contributed by atoms with van der Waals surface area (Å²) in [6.07, 6.45) is 3.56. The number of rotatable bonds is 4. The van der Waals surface area contributed by atoms with Crippen LogP contribution in [0, 0.1) is 6.92 Å². The lowest BCUT2D eigenvalue weighted by molar-refractivity contribution is -0.139. The Morgan fingerprint density at radius 2 is 1.60 bits per heavy atom. The van der Waals surface area contributed by atoms with E-state index in [1.165, 1.54) is 17.5 Å². The van der Waals surface area contributed by atoms with Crippen LogP contribution in [-0.2, 0) is 11.3 Å². The minimum absolute atomic E-state index is 0.326. The Hall–Kier alpha value is -1.39. The first-order valence-electron chi connectivity index (χ1n) is 9.85. The van der Waals surface area contributed by atoms with Gasteiger partial charge >= 0.3 is 0 Å². The molecule has 2 heterocycles. The molecule has 4 nitrogen and oxygen atoms in total. The molecule has 1 amide bonds. The maximum atomic E-state index is 12.8. The lowest BCUT2D eigenvalue weighted by Gasteiger charge is -2.41. The molecule has 2 aliphatic heterocycles. The van der Waals surface area contributed by atoms with E-state index < -0.39 is 0 Å². The first-order valence-corrected chi connectivity index (χ1v) is 9.85. The van der Waals surface area contributed by atoms with E-state index in [2.05, 4.69) is 59.7 Å². The van der Waals surface area contributed by atoms with Crippen LogP contribution < -0.4 is 0 Å². The first-order chi connectivity index (χ1) is 12.0. The van der Waals surface area contributed by atoms with Crippen LogP contribution in [-0.4, -0.2) is 65.4 Å². The van der Waals surface area contributed by atoms with Gasteiger partial charge in [-0.3, -0.25) is 14.6 Å². The molecule has 2 saturated heterocycles. The topological polar surface area (TPSA) is 26.8 Å². The fraction of sp³-hybridized carbons (Fsp3) is 0.667. The van der Waals surface area contributed by atoms with E-state index in [0.717, 1.165) is 45.6 Å². The van der Waals surface area contributed by atoms with Crippen LogP contribution in [0.5, 0.6) is 0 Å². The Kier molecular flexibility index (Phi) is 6.13. The highest BCUT2D eigenvalue weighted by Gasteiger charge is 2.30. The number of hydrogen-bond donors (Lipinski definition) is 0. The molecular formula is C21H33N3O. The Bertz CT molecular complexity index is 570. The van der Waals surface area contributed by atoms with Gasteiger partial charge in [0.05, 0.1) is 6.54 Å². The number of amides is 1. The number of benzene rings is 1. The normalized spacial score (nSPS) is 26.0. The third-order valence-corrected chi connectivity index (χ3v) is 5.96. The molecule has 4 heteroatoms. The molecule has 0 radical (unpaired) electrons. The number of nitrogens with zero attached hydrogens (tertiary/aromatic N) is 3. The zero-order valence-electron chi connectivity index (χ0n) is 16.1. The predicted molar refractivity (Wildman–Crippen MR) is 103 cm³/mol. The van der Waals surface area contributed by atoms with Crippen molar-refractivity contribution in [2.45, 2.75) is 58.7 Å². The summed E-state index contributed by atoms with van der Waals surface area (Å²) in [4.78, 5) is 19.8. The number of hydrogen-bond acceptors (Lipinski definition) is 3. The Balaban J connectivity index is 1.47. The molecule has 0 spiro atoms. The van der Waals surface area contributed by atoms with Crippen molar-refractivity contribution in [1.82, 2.24) is 14.7 Å². The molecule has 2 unspecified atom stereocenters. The lowest BCUT2D eigenvalue weighted by Crippen LogP contribution is -2.54. The van der Waals surface area contributed by atoms with Gasteiger partial charge in [0.25, 0.3) is 0 Å². The zero-order valence-corrected chi connectivity index (χ0v) is 16.1. The quantitative estimate of drug-likeness (QED) is 0.841. The van der Waals surface area contributed by atoms with Crippen LogP contribution in [0.1, 0.15) is 44.2 Å². The summed E-state index contributed by atoms with van der Waals surface area (Å²) < 4.78 is 0. The Morgan fingerprint density at radius 1 is 1.00 bits per heavy atom. The summed E-state index contributed by atoms with van der Waals surface area (Å²) in [5.74, 6) is 0.326. The van der Waals surface area contributed by atoms with Crippen molar-refractivity contribution in [3.8, 4) is 0 Å². The van der Waals surface area contributed by atoms with Crippen LogP contribution in [0.3, 0.4) is 0 Å². The van der Waals surface area contributed by atoms with Crippen LogP contribution in [0.25, 0.3) is 0 Å². The molecule has 0 saturated carbocycles. The molecule has 2 aliphatic rings. The summed E-state index contributed by atoms with van der Waals surface area (Å²) in [5, 5.41) is 0. The van der Waals surface area contributed by atoms with E-state index in [0.29, 0.717) is 24.5 Å². The third-order valence-electron chi connectivity index (χ3n) is 5.96. The average Bonchev–Trinajstić information content (AvgIpc) is 2.58. The highest BCUT2D eigenvalue weighted by atomic mass is 16.2. The van der Waals surface area contributed by atoms with E-state index in [1.54, 1.807) is 0 Å². The van der Waals surface area contributed by atoms with E-state index in [1.807, 2.05) is 0 Å². The fourth-order valence-electron chi connectivity index (χ4n) is 4.32. The van der Waals surface area contributed by atoms with Crippen molar-refractivity contribution in [2.24, 2.45) is 0 Å². The molecule has 0 aromatic heterocycles. The zero-order chi connectivity index (χ0) is 17.8. The van der Waals surface area contributed by atoms with Crippen molar-refractivity contribution in [3.05, 3.63) is 35.4 Å². The van der Waals surface area contributed by atoms with Crippen LogP contribution in [0.2, 0.25) is 0 Å². The van der Waals surface area contributed by atoms with Gasteiger partial charge in [-0.1, -0.05) is 24.3 Å². The molecule has 1 aromatic rings.